The van der Waals surface area contributed by atoms with E-state index in [1.54, 1.807) is 0 Å². The van der Waals surface area contributed by atoms with Gasteiger partial charge in [0, 0.05) is 75.6 Å². The third-order valence-corrected chi connectivity index (χ3v) is 8.91. The minimum Gasteiger partial charge on any atom is -0.508 e. The number of hydrogen-bond acceptors (Lipinski definition) is 14. The van der Waals surface area contributed by atoms with E-state index in [9.17, 15) is 41.3 Å². The van der Waals surface area contributed by atoms with Gasteiger partial charge in [0.15, 0.2) is 11.5 Å². The summed E-state index contributed by atoms with van der Waals surface area (Å²) in [6.07, 6.45) is 0. The number of phenols is 3. The van der Waals surface area contributed by atoms with E-state index < -0.39 is 52.9 Å². The molecule has 0 saturated carbocycles. The molecule has 0 heterocycles. The van der Waals surface area contributed by atoms with Crippen molar-refractivity contribution in [3.8, 4) is 17.2 Å². The zero-order chi connectivity index (χ0) is 35.8. The molecule has 0 aliphatic carbocycles. The molecule has 0 unspecified atom stereocenters. The van der Waals surface area contributed by atoms with Crippen LogP contribution in [0.4, 0.5) is 39.8 Å². The number of nitrogen functional groups attached to an aromatic ring is 1. The molecule has 52 heavy (non-hydrogen) atoms. The van der Waals surface area contributed by atoms with E-state index in [4.69, 9.17) is 5.73 Å². The van der Waals surface area contributed by atoms with Crippen LogP contribution in [0.1, 0.15) is 0 Å². The fraction of sp³-hybridized carbons (Fsp3) is 0. The Bertz CT molecular complexity index is 2640. The summed E-state index contributed by atoms with van der Waals surface area (Å²) in [7, 11) is -9.74. The molecule has 7 N–H and O–H groups in total. The monoisotopic (exact) mass is 759 g/mol. The van der Waals surface area contributed by atoms with Gasteiger partial charge in [0.2, 0.25) is 0 Å². The molecule has 254 valence electrons. The molecule has 6 aromatic rings. The molecule has 6 aromatic carbocycles. The molecule has 0 fully saturated rings. The predicted molar refractivity (Wildman–Crippen MR) is 194 cm³/mol. The Kier molecular flexibility index (Phi) is 12.5. The number of fused-ring (bicyclic) bond motifs is 2. The zero-order valence-corrected chi connectivity index (χ0v) is 32.8. The van der Waals surface area contributed by atoms with Gasteiger partial charge in [-0.05, 0) is 108 Å². The first kappa shape index (κ1) is 40.4. The van der Waals surface area contributed by atoms with E-state index in [0.29, 0.717) is 17.1 Å². The van der Waals surface area contributed by atoms with Crippen LogP contribution in [-0.4, -0.2) is 100 Å². The standard InChI is InChI=1S/C32H23N7O9S2.2Na/c33-19-1-11-25-17(13-19)15-27(49(43,44)45)29(31(25)41)38-35-20-2-4-21(5-3-20)36-39-30-28(50(46,47)48)16-18-14-23(8-12-26(18)32(30)42)37-34-22-6-9-24(40)10-7-22;;/h1-16,40-42H,33H2,(H,43,44,45)(H,46,47,48);;. The van der Waals surface area contributed by atoms with Crippen molar-refractivity contribution in [2.45, 2.75) is 9.79 Å². The minimum absolute atomic E-state index is 0. The van der Waals surface area contributed by atoms with Crippen molar-refractivity contribution in [1.82, 2.24) is 0 Å². The van der Waals surface area contributed by atoms with Crippen molar-refractivity contribution in [2.75, 3.05) is 5.73 Å². The minimum atomic E-state index is -4.90. The third-order valence-electron chi connectivity index (χ3n) is 7.18. The number of anilines is 1. The fourth-order valence-corrected chi connectivity index (χ4v) is 6.11. The molecule has 0 aliphatic rings. The summed E-state index contributed by atoms with van der Waals surface area (Å²) in [6, 6.07) is 22.5. The second-order valence-corrected chi connectivity index (χ2v) is 13.4. The normalized spacial score (nSPS) is 12.1. The summed E-state index contributed by atoms with van der Waals surface area (Å²) >= 11 is 0. The van der Waals surface area contributed by atoms with Gasteiger partial charge in [0.05, 0.1) is 22.7 Å². The van der Waals surface area contributed by atoms with Gasteiger partial charge >= 0.3 is 0 Å². The predicted octanol–water partition coefficient (Wildman–Crippen LogP) is 7.67. The maximum Gasteiger partial charge on any atom is 0.296 e. The van der Waals surface area contributed by atoms with Crippen LogP contribution in [0.15, 0.2) is 138 Å². The maximum absolute atomic E-state index is 12.3. The average molecular weight is 760 g/mol. The topological polar surface area (TPSA) is 270 Å². The van der Waals surface area contributed by atoms with E-state index in [-0.39, 0.29) is 97.8 Å². The number of nitrogens with zero attached hydrogens (tertiary/aromatic N) is 6. The largest absolute Gasteiger partial charge is 0.508 e. The molecule has 20 heteroatoms. The molecule has 2 radical (unpaired) electrons. The summed E-state index contributed by atoms with van der Waals surface area (Å²) in [6.45, 7) is 0. The molecular weight excluding hydrogens is 737 g/mol. The third kappa shape index (κ3) is 8.99. The molecule has 16 nitrogen and oxygen atoms in total. The van der Waals surface area contributed by atoms with Crippen molar-refractivity contribution in [3.63, 3.8) is 0 Å². The number of benzene rings is 6. The summed E-state index contributed by atoms with van der Waals surface area (Å²) in [5.41, 5.74) is 6.06. The fourth-order valence-electron chi connectivity index (χ4n) is 4.79. The summed E-state index contributed by atoms with van der Waals surface area (Å²) < 4.78 is 68.4. The number of rotatable bonds is 8. The Morgan fingerprint density at radius 1 is 0.462 bits per heavy atom. The number of azo groups is 3. The number of hydrogen-bond donors (Lipinski definition) is 6. The van der Waals surface area contributed by atoms with Crippen molar-refractivity contribution in [1.29, 1.82) is 0 Å². The SMILES string of the molecule is Nc1ccc2c(O)c(N=Nc3ccc(N=Nc4c(S(=O)(=O)O)cc5cc(N=Nc6ccc(O)cc6)ccc5c4O)cc3)c(S(=O)(=O)O)cc2c1.[Na].[Na]. The molecule has 0 aliphatic heterocycles. The van der Waals surface area contributed by atoms with Crippen LogP contribution in [0.2, 0.25) is 0 Å². The Labute approximate surface area is 339 Å². The average Bonchev–Trinajstić information content (AvgIpc) is 3.06. The number of aromatic hydroxyl groups is 3. The summed E-state index contributed by atoms with van der Waals surface area (Å²) in [5.74, 6) is -1.08. The Balaban J connectivity index is 0.00000302. The van der Waals surface area contributed by atoms with Crippen LogP contribution < -0.4 is 5.73 Å². The van der Waals surface area contributed by atoms with Crippen molar-refractivity contribution < 1.29 is 41.3 Å². The smallest absolute Gasteiger partial charge is 0.296 e. The summed E-state index contributed by atoms with van der Waals surface area (Å²) in [5, 5.41) is 55.8. The van der Waals surface area contributed by atoms with Gasteiger partial charge in [-0.25, -0.2) is 0 Å². The first-order chi connectivity index (χ1) is 23.7. The Hall–Kier alpha value is -4.34. The zero-order valence-electron chi connectivity index (χ0n) is 27.2. The first-order valence-corrected chi connectivity index (χ1v) is 17.0. The summed E-state index contributed by atoms with van der Waals surface area (Å²) in [4.78, 5) is -1.42. The van der Waals surface area contributed by atoms with Crippen LogP contribution in [-0.2, 0) is 20.2 Å². The number of nitrogens with two attached hydrogens (primary N) is 1. The molecule has 0 atom stereocenters. The molecule has 6 rings (SSSR count). The quantitative estimate of drug-likeness (QED) is 0.0381. The van der Waals surface area contributed by atoms with Crippen LogP contribution in [0.25, 0.3) is 21.5 Å². The van der Waals surface area contributed by atoms with Crippen LogP contribution in [0.3, 0.4) is 0 Å². The second kappa shape index (κ2) is 16.1. The van der Waals surface area contributed by atoms with Gasteiger partial charge in [-0.1, -0.05) is 0 Å². The van der Waals surface area contributed by atoms with Crippen molar-refractivity contribution >= 4 is 141 Å². The molecule has 0 spiro atoms. The van der Waals surface area contributed by atoms with E-state index in [1.165, 1.54) is 84.9 Å². The van der Waals surface area contributed by atoms with Gasteiger partial charge in [0.1, 0.15) is 26.9 Å². The van der Waals surface area contributed by atoms with E-state index in [1.807, 2.05) is 0 Å². The van der Waals surface area contributed by atoms with Gasteiger partial charge in [-0.15, -0.1) is 10.2 Å². The van der Waals surface area contributed by atoms with E-state index in [2.05, 4.69) is 30.7 Å². The first-order valence-electron chi connectivity index (χ1n) is 14.1. The molecule has 0 bridgehead atoms. The van der Waals surface area contributed by atoms with Crippen LogP contribution >= 0.6 is 0 Å². The van der Waals surface area contributed by atoms with Gasteiger partial charge in [0.25, 0.3) is 20.2 Å². The van der Waals surface area contributed by atoms with Crippen LogP contribution in [0, 0.1) is 0 Å². The Morgan fingerprint density at radius 2 is 0.827 bits per heavy atom. The van der Waals surface area contributed by atoms with Crippen LogP contribution in [0.5, 0.6) is 17.2 Å². The van der Waals surface area contributed by atoms with Crippen molar-refractivity contribution in [3.05, 3.63) is 97.1 Å². The molecule has 0 saturated heterocycles. The Morgan fingerprint density at radius 3 is 1.29 bits per heavy atom. The van der Waals surface area contributed by atoms with Gasteiger partial charge in [-0.3, -0.25) is 9.11 Å². The van der Waals surface area contributed by atoms with Crippen molar-refractivity contribution in [2.24, 2.45) is 30.7 Å². The maximum atomic E-state index is 12.3. The van der Waals surface area contributed by atoms with E-state index in [0.717, 1.165) is 12.1 Å². The molecular formula is C32H23N7Na2O9S2. The molecule has 0 amide bonds. The van der Waals surface area contributed by atoms with Gasteiger partial charge < -0.3 is 21.1 Å². The number of phenolic OH excluding ortho intramolecular Hbond substituents is 3. The molecule has 0 aromatic heterocycles. The van der Waals surface area contributed by atoms with E-state index >= 15 is 0 Å². The van der Waals surface area contributed by atoms with Gasteiger partial charge in [-0.2, -0.15) is 37.3 Å². The second-order valence-electron chi connectivity index (χ2n) is 10.6.